The number of nitrogens with zero attached hydrogens (tertiary/aromatic N) is 5. The van der Waals surface area contributed by atoms with Crippen LogP contribution in [0.25, 0.3) is 11.0 Å². The van der Waals surface area contributed by atoms with Crippen molar-refractivity contribution < 1.29 is 4.79 Å². The third kappa shape index (κ3) is 2.78. The van der Waals surface area contributed by atoms with Crippen LogP contribution in [0.15, 0.2) is 43.2 Å². The van der Waals surface area contributed by atoms with Crippen molar-refractivity contribution in [3.8, 4) is 0 Å². The first kappa shape index (κ1) is 17.2. The largest absolute Gasteiger partial charge is 0.350 e. The molecule has 0 radical (unpaired) electrons. The maximum Gasteiger partial charge on any atom is 0.222 e. The topological polar surface area (TPSA) is 77.6 Å². The summed E-state index contributed by atoms with van der Waals surface area (Å²) in [6, 6.07) is 8.07. The monoisotopic (exact) mass is 390 g/mol. The van der Waals surface area contributed by atoms with Crippen LogP contribution in [-0.4, -0.2) is 35.8 Å². The number of para-hydroxylation sites is 2. The van der Waals surface area contributed by atoms with Crippen LogP contribution < -0.4 is 5.32 Å². The Balaban J connectivity index is 1.19. The van der Waals surface area contributed by atoms with E-state index < -0.39 is 0 Å². The molecular formula is C22H26N6O. The average Bonchev–Trinajstić information content (AvgIpc) is 3.36. The lowest BCUT2D eigenvalue weighted by Crippen LogP contribution is -2.65. The van der Waals surface area contributed by atoms with E-state index >= 15 is 0 Å². The number of aryl methyl sites for hydroxylation is 1. The van der Waals surface area contributed by atoms with E-state index in [2.05, 4.69) is 35.7 Å². The maximum atomic E-state index is 13.0. The quantitative estimate of drug-likeness (QED) is 0.727. The number of hydrogen-bond donors (Lipinski definition) is 1. The van der Waals surface area contributed by atoms with Crippen molar-refractivity contribution in [1.82, 2.24) is 29.6 Å². The molecular weight excluding hydrogens is 364 g/mol. The number of amides is 1. The molecule has 2 heterocycles. The molecule has 1 N–H and O–H groups in total. The molecule has 2 atom stereocenters. The van der Waals surface area contributed by atoms with Gasteiger partial charge in [0.15, 0.2) is 0 Å². The fraction of sp³-hybridized carbons (Fsp3) is 0.545. The van der Waals surface area contributed by atoms with Crippen LogP contribution in [0.3, 0.4) is 0 Å². The van der Waals surface area contributed by atoms with E-state index in [4.69, 9.17) is 0 Å². The van der Waals surface area contributed by atoms with Crippen LogP contribution in [0, 0.1) is 11.8 Å². The van der Waals surface area contributed by atoms with Gasteiger partial charge >= 0.3 is 0 Å². The molecule has 29 heavy (non-hydrogen) atoms. The minimum Gasteiger partial charge on any atom is -0.350 e. The Hall–Kier alpha value is -2.70. The van der Waals surface area contributed by atoms with Gasteiger partial charge < -0.3 is 9.88 Å². The zero-order valence-corrected chi connectivity index (χ0v) is 16.5. The van der Waals surface area contributed by atoms with E-state index in [9.17, 15) is 4.79 Å². The van der Waals surface area contributed by atoms with Crippen LogP contribution in [0.1, 0.15) is 44.9 Å². The van der Waals surface area contributed by atoms with Crippen LogP contribution in [0.5, 0.6) is 0 Å². The Labute approximate surface area is 169 Å². The second-order valence-corrected chi connectivity index (χ2v) is 9.53. The molecule has 0 saturated heterocycles. The Bertz CT molecular complexity index is 1040. The van der Waals surface area contributed by atoms with Crippen LogP contribution in [0.2, 0.25) is 0 Å². The number of benzene rings is 1. The Morgan fingerprint density at radius 2 is 1.97 bits per heavy atom. The lowest BCUT2D eigenvalue weighted by Gasteiger charge is -2.61. The minimum atomic E-state index is -0.0792. The molecule has 1 amide bonds. The fourth-order valence-electron chi connectivity index (χ4n) is 6.85. The number of nitrogens with one attached hydrogen (secondary N) is 1. The normalized spacial score (nSPS) is 32.7. The number of fused-ring (bicyclic) bond motifs is 1. The smallest absolute Gasteiger partial charge is 0.222 e. The van der Waals surface area contributed by atoms with E-state index in [1.165, 1.54) is 19.3 Å². The molecule has 1 aromatic carbocycles. The molecule has 2 unspecified atom stereocenters. The number of imidazole rings is 1. The summed E-state index contributed by atoms with van der Waals surface area (Å²) in [6.45, 7) is 0.656. The third-order valence-electron chi connectivity index (χ3n) is 7.45. The third-order valence-corrected chi connectivity index (χ3v) is 7.45. The van der Waals surface area contributed by atoms with Crippen molar-refractivity contribution in [2.45, 2.75) is 62.6 Å². The molecule has 4 fully saturated rings. The van der Waals surface area contributed by atoms with Gasteiger partial charge in [-0.15, -0.1) is 0 Å². The number of carbonyl (C=O) groups is 1. The summed E-state index contributed by atoms with van der Waals surface area (Å²) in [7, 11) is 0. The van der Waals surface area contributed by atoms with E-state index in [1.54, 1.807) is 6.33 Å². The first-order valence-electron chi connectivity index (χ1n) is 10.7. The molecule has 0 aliphatic heterocycles. The Morgan fingerprint density at radius 3 is 2.76 bits per heavy atom. The maximum absolute atomic E-state index is 13.0. The lowest BCUT2D eigenvalue weighted by molar-refractivity contribution is -0.130. The Kier molecular flexibility index (Phi) is 3.64. The van der Waals surface area contributed by atoms with Crippen LogP contribution in [-0.2, 0) is 16.9 Å². The summed E-state index contributed by atoms with van der Waals surface area (Å²) in [6.07, 6.45) is 12.7. The molecule has 7 heteroatoms. The van der Waals surface area contributed by atoms with Crippen LogP contribution in [0.4, 0.5) is 0 Å². The van der Waals surface area contributed by atoms with E-state index in [1.807, 2.05) is 30.9 Å². The van der Waals surface area contributed by atoms with Crippen molar-refractivity contribution in [3.63, 3.8) is 0 Å². The highest BCUT2D eigenvalue weighted by atomic mass is 16.1. The second-order valence-electron chi connectivity index (χ2n) is 9.53. The van der Waals surface area contributed by atoms with E-state index in [0.717, 1.165) is 30.3 Å². The first-order chi connectivity index (χ1) is 14.1. The minimum absolute atomic E-state index is 0.0361. The predicted molar refractivity (Wildman–Crippen MR) is 108 cm³/mol. The zero-order chi connectivity index (χ0) is 19.5. The molecule has 0 spiro atoms. The lowest BCUT2D eigenvalue weighted by atomic mass is 9.50. The van der Waals surface area contributed by atoms with E-state index in [0.29, 0.717) is 24.8 Å². The van der Waals surface area contributed by atoms with Gasteiger partial charge in [0.25, 0.3) is 0 Å². The summed E-state index contributed by atoms with van der Waals surface area (Å²) in [4.78, 5) is 21.6. The van der Waals surface area contributed by atoms with Crippen molar-refractivity contribution in [2.24, 2.45) is 11.8 Å². The Morgan fingerprint density at radius 1 is 1.14 bits per heavy atom. The predicted octanol–water partition coefficient (Wildman–Crippen LogP) is 2.88. The number of hydrogen-bond acceptors (Lipinski definition) is 4. The van der Waals surface area contributed by atoms with Gasteiger partial charge in [-0.05, 0) is 62.5 Å². The summed E-state index contributed by atoms with van der Waals surface area (Å²) < 4.78 is 4.16. The van der Waals surface area contributed by atoms with Crippen molar-refractivity contribution in [1.29, 1.82) is 0 Å². The standard InChI is InChI=1S/C22H26N6O/c29-20(5-6-27-15-24-18-3-1-2-4-19(18)27)26-21-8-16-7-17(9-21)11-22(10-16,12-21)28-14-23-13-25-28/h1-4,13-17H,5-12H2,(H,26,29). The molecule has 4 aliphatic rings. The summed E-state index contributed by atoms with van der Waals surface area (Å²) in [5, 5.41) is 7.99. The summed E-state index contributed by atoms with van der Waals surface area (Å²) >= 11 is 0. The molecule has 4 saturated carbocycles. The molecule has 2 aromatic heterocycles. The van der Waals surface area contributed by atoms with Gasteiger partial charge in [0, 0.05) is 18.5 Å². The van der Waals surface area contributed by atoms with Gasteiger partial charge in [-0.25, -0.2) is 14.6 Å². The zero-order valence-electron chi connectivity index (χ0n) is 16.5. The second kappa shape index (κ2) is 6.15. The summed E-state index contributed by atoms with van der Waals surface area (Å²) in [5.74, 6) is 1.51. The molecule has 7 rings (SSSR count). The first-order valence-corrected chi connectivity index (χ1v) is 10.7. The van der Waals surface area contributed by atoms with Gasteiger partial charge in [0.05, 0.1) is 22.9 Å². The van der Waals surface area contributed by atoms with Crippen molar-refractivity contribution >= 4 is 16.9 Å². The highest BCUT2D eigenvalue weighted by Gasteiger charge is 2.59. The van der Waals surface area contributed by atoms with Gasteiger partial charge in [-0.3, -0.25) is 4.79 Å². The van der Waals surface area contributed by atoms with Gasteiger partial charge in [0.2, 0.25) is 5.91 Å². The van der Waals surface area contributed by atoms with Gasteiger partial charge in [0.1, 0.15) is 12.7 Å². The SMILES string of the molecule is O=C(CCn1cnc2ccccc21)NC12CC3CC(C1)CC(n1cncn1)(C3)C2. The number of rotatable bonds is 5. The molecule has 4 aliphatic carbocycles. The fourth-order valence-corrected chi connectivity index (χ4v) is 6.85. The summed E-state index contributed by atoms with van der Waals surface area (Å²) in [5.41, 5.74) is 2.02. The molecule has 7 nitrogen and oxygen atoms in total. The number of aromatic nitrogens is 5. The van der Waals surface area contributed by atoms with Gasteiger partial charge in [-0.2, -0.15) is 5.10 Å². The highest BCUT2D eigenvalue weighted by molar-refractivity contribution is 5.78. The van der Waals surface area contributed by atoms with Crippen molar-refractivity contribution in [3.05, 3.63) is 43.2 Å². The van der Waals surface area contributed by atoms with E-state index in [-0.39, 0.29) is 17.0 Å². The van der Waals surface area contributed by atoms with Crippen molar-refractivity contribution in [2.75, 3.05) is 0 Å². The molecule has 150 valence electrons. The van der Waals surface area contributed by atoms with Gasteiger partial charge in [-0.1, -0.05) is 12.1 Å². The highest BCUT2D eigenvalue weighted by Crippen LogP contribution is 2.60. The average molecular weight is 390 g/mol. The molecule has 4 bridgehead atoms. The molecule has 3 aromatic rings. The van der Waals surface area contributed by atoms with Crippen LogP contribution >= 0.6 is 0 Å². The number of carbonyl (C=O) groups excluding carboxylic acids is 1.